The lowest BCUT2D eigenvalue weighted by Gasteiger charge is -2.44. The molecule has 0 spiro atoms. The van der Waals surface area contributed by atoms with Crippen LogP contribution in [0.5, 0.6) is 0 Å². The highest BCUT2D eigenvalue weighted by atomic mass is 79.9. The van der Waals surface area contributed by atoms with E-state index in [4.69, 9.17) is 0 Å². The average molecular weight is 651 g/mol. The highest BCUT2D eigenvalue weighted by Gasteiger charge is 2.48. The van der Waals surface area contributed by atoms with Gasteiger partial charge in [0.25, 0.3) is 5.91 Å². The summed E-state index contributed by atoms with van der Waals surface area (Å²) in [6.07, 6.45) is 3.11. The molecule has 0 bridgehead atoms. The maximum absolute atomic E-state index is 13.4. The molecule has 0 radical (unpaired) electrons. The fraction of sp³-hybridized carbons (Fsp3) is 0.469. The first kappa shape index (κ1) is 30.9. The normalized spacial score (nSPS) is 23.5. The van der Waals surface area contributed by atoms with E-state index >= 15 is 0 Å². The number of hydrogen-bond donors (Lipinski definition) is 1. The van der Waals surface area contributed by atoms with Gasteiger partial charge >= 0.3 is 6.03 Å². The zero-order valence-electron chi connectivity index (χ0n) is 25.5. The molecule has 1 unspecified atom stereocenters. The van der Waals surface area contributed by atoms with Gasteiger partial charge in [0.15, 0.2) is 0 Å². The lowest BCUT2D eigenvalue weighted by Crippen LogP contribution is -2.59. The average Bonchev–Trinajstić information content (AvgIpc) is 3.53. The molecule has 2 aromatic carbocycles. The van der Waals surface area contributed by atoms with Crippen molar-refractivity contribution in [2.24, 2.45) is 0 Å². The molecule has 5 rings (SSSR count). The van der Waals surface area contributed by atoms with E-state index in [1.54, 1.807) is 11.8 Å². The summed E-state index contributed by atoms with van der Waals surface area (Å²) in [4.78, 5) is 44.6. The number of halogens is 1. The van der Waals surface area contributed by atoms with Gasteiger partial charge in [-0.25, -0.2) is 9.48 Å². The number of nitrogens with zero attached hydrogens (tertiary/aromatic N) is 6. The molecular weight excluding hydrogens is 610 g/mol. The number of urea groups is 1. The fourth-order valence-electron chi connectivity index (χ4n) is 6.05. The van der Waals surface area contributed by atoms with Crippen LogP contribution in [-0.4, -0.2) is 84.8 Å². The molecule has 2 saturated heterocycles. The summed E-state index contributed by atoms with van der Waals surface area (Å²) in [5.74, 6) is -0.573. The van der Waals surface area contributed by atoms with Crippen molar-refractivity contribution in [1.29, 1.82) is 0 Å². The standard InChI is InChI=1S/C32H40BrN7O3/c1-21-15-26(11-12-28(21)33)24(4)40-19-27(35-36-40)18-38-22(2)16-37(17-23(38)3)29(41)20-39-30(42)32(5,34-31(39)43)14-13-25-9-7-6-8-10-25/h6-12,15,19,22-24H,13-14,16-18,20H2,1-5H3,(H,34,43)/t22-,23+,24-,32?/m1/s1. The van der Waals surface area contributed by atoms with Crippen LogP contribution in [0.3, 0.4) is 0 Å². The minimum Gasteiger partial charge on any atom is -0.338 e. The minimum atomic E-state index is -1.03. The highest BCUT2D eigenvalue weighted by Crippen LogP contribution is 2.26. The second-order valence-electron chi connectivity index (χ2n) is 12.2. The van der Waals surface area contributed by atoms with Crippen LogP contribution in [0.25, 0.3) is 0 Å². The van der Waals surface area contributed by atoms with Crippen LogP contribution < -0.4 is 5.32 Å². The second-order valence-corrected chi connectivity index (χ2v) is 13.0. The predicted octanol–water partition coefficient (Wildman–Crippen LogP) is 4.32. The summed E-state index contributed by atoms with van der Waals surface area (Å²) >= 11 is 3.56. The quantitative estimate of drug-likeness (QED) is 0.346. The molecule has 4 amide bonds. The van der Waals surface area contributed by atoms with E-state index in [0.29, 0.717) is 32.5 Å². The maximum Gasteiger partial charge on any atom is 0.325 e. The van der Waals surface area contributed by atoms with E-state index in [1.807, 2.05) is 41.2 Å². The number of rotatable bonds is 9. The third-order valence-corrected chi connectivity index (χ3v) is 9.70. The third kappa shape index (κ3) is 6.67. The highest BCUT2D eigenvalue weighted by molar-refractivity contribution is 9.10. The largest absolute Gasteiger partial charge is 0.338 e. The number of nitrogens with one attached hydrogen (secondary N) is 1. The summed E-state index contributed by atoms with van der Waals surface area (Å²) < 4.78 is 2.97. The molecule has 3 aromatic rings. The molecular formula is C32H40BrN7O3. The van der Waals surface area contributed by atoms with E-state index < -0.39 is 11.6 Å². The zero-order chi connectivity index (χ0) is 30.9. The van der Waals surface area contributed by atoms with E-state index in [9.17, 15) is 14.4 Å². The van der Waals surface area contributed by atoms with Gasteiger partial charge in [-0.05, 0) is 70.2 Å². The van der Waals surface area contributed by atoms with Gasteiger partial charge in [-0.1, -0.05) is 63.6 Å². The number of aryl methyl sites for hydroxylation is 2. The molecule has 4 atom stereocenters. The van der Waals surface area contributed by atoms with Gasteiger partial charge in [-0.2, -0.15) is 0 Å². The third-order valence-electron chi connectivity index (χ3n) is 8.81. The lowest BCUT2D eigenvalue weighted by molar-refractivity contribution is -0.141. The van der Waals surface area contributed by atoms with Crippen LogP contribution in [0, 0.1) is 6.92 Å². The molecule has 228 valence electrons. The van der Waals surface area contributed by atoms with Gasteiger partial charge in [0.1, 0.15) is 12.1 Å². The molecule has 11 heteroatoms. The Morgan fingerprint density at radius 3 is 2.49 bits per heavy atom. The molecule has 3 heterocycles. The Labute approximate surface area is 261 Å². The minimum absolute atomic E-state index is 0.0445. The maximum atomic E-state index is 13.4. The van der Waals surface area contributed by atoms with E-state index in [0.717, 1.165) is 26.2 Å². The zero-order valence-corrected chi connectivity index (χ0v) is 27.0. The Balaban J connectivity index is 1.16. The van der Waals surface area contributed by atoms with E-state index in [1.165, 1.54) is 5.56 Å². The van der Waals surface area contributed by atoms with Gasteiger partial charge in [0, 0.05) is 36.2 Å². The first-order valence-corrected chi connectivity index (χ1v) is 15.6. The van der Waals surface area contributed by atoms with Crippen LogP contribution in [0.2, 0.25) is 0 Å². The first-order valence-electron chi connectivity index (χ1n) is 14.8. The number of carbonyl (C=O) groups is 3. The van der Waals surface area contributed by atoms with Crippen LogP contribution >= 0.6 is 15.9 Å². The Morgan fingerprint density at radius 1 is 1.12 bits per heavy atom. The number of hydrogen-bond acceptors (Lipinski definition) is 6. The molecule has 1 N–H and O–H groups in total. The van der Waals surface area contributed by atoms with Gasteiger partial charge in [0.2, 0.25) is 5.91 Å². The summed E-state index contributed by atoms with van der Waals surface area (Å²) in [5.41, 5.74) is 3.27. The van der Waals surface area contributed by atoms with Crippen molar-refractivity contribution in [1.82, 2.24) is 35.0 Å². The predicted molar refractivity (Wildman–Crippen MR) is 167 cm³/mol. The number of piperazine rings is 1. The van der Waals surface area contributed by atoms with Crippen molar-refractivity contribution in [3.05, 3.63) is 81.6 Å². The van der Waals surface area contributed by atoms with Crippen molar-refractivity contribution < 1.29 is 14.4 Å². The molecule has 1 aromatic heterocycles. The van der Waals surface area contributed by atoms with Crippen LogP contribution in [0.1, 0.15) is 62.5 Å². The number of imide groups is 1. The van der Waals surface area contributed by atoms with Gasteiger partial charge in [-0.15, -0.1) is 5.10 Å². The van der Waals surface area contributed by atoms with E-state index in [-0.39, 0.29) is 36.5 Å². The van der Waals surface area contributed by atoms with Gasteiger partial charge in [-0.3, -0.25) is 19.4 Å². The van der Waals surface area contributed by atoms with Crippen molar-refractivity contribution in [2.45, 2.75) is 77.7 Å². The number of benzene rings is 2. The molecule has 10 nitrogen and oxygen atoms in total. The van der Waals surface area contributed by atoms with Gasteiger partial charge < -0.3 is 10.2 Å². The Bertz CT molecular complexity index is 1480. The lowest BCUT2D eigenvalue weighted by atomic mass is 9.93. The molecule has 43 heavy (non-hydrogen) atoms. The molecule has 2 aliphatic heterocycles. The van der Waals surface area contributed by atoms with Crippen molar-refractivity contribution >= 4 is 33.8 Å². The SMILES string of the molecule is Cc1cc([C@@H](C)n2cc(CN3[C@H](C)CN(C(=O)CN4C(=O)NC(C)(CCc5ccccc5)C4=O)C[C@@H]3C)nn2)ccc1Br. The van der Waals surface area contributed by atoms with E-state index in [2.05, 4.69) is 82.4 Å². The van der Waals surface area contributed by atoms with Crippen LogP contribution in [0.4, 0.5) is 4.79 Å². The van der Waals surface area contributed by atoms with Crippen LogP contribution in [-0.2, 0) is 22.6 Å². The monoisotopic (exact) mass is 649 g/mol. The number of aromatic nitrogens is 3. The summed E-state index contributed by atoms with van der Waals surface area (Å²) in [6, 6.07) is 15.8. The number of amides is 4. The Hall–Kier alpha value is -3.57. The summed E-state index contributed by atoms with van der Waals surface area (Å²) in [7, 11) is 0. The van der Waals surface area contributed by atoms with Gasteiger partial charge in [0.05, 0.1) is 17.9 Å². The fourth-order valence-corrected chi connectivity index (χ4v) is 6.30. The summed E-state index contributed by atoms with van der Waals surface area (Å²) in [5, 5.41) is 11.7. The second kappa shape index (κ2) is 12.6. The first-order chi connectivity index (χ1) is 20.4. The topological polar surface area (TPSA) is 104 Å². The van der Waals surface area contributed by atoms with Crippen molar-refractivity contribution in [2.75, 3.05) is 19.6 Å². The molecule has 2 fully saturated rings. The Kier molecular flexibility index (Phi) is 9.03. The van der Waals surface area contributed by atoms with Crippen LogP contribution in [0.15, 0.2) is 59.2 Å². The molecule has 0 aliphatic carbocycles. The van der Waals surface area contributed by atoms with Crippen molar-refractivity contribution in [3.8, 4) is 0 Å². The molecule has 0 saturated carbocycles. The number of carbonyl (C=O) groups excluding carboxylic acids is 3. The summed E-state index contributed by atoms with van der Waals surface area (Å²) in [6.45, 7) is 11.4. The Morgan fingerprint density at radius 2 is 1.81 bits per heavy atom. The smallest absolute Gasteiger partial charge is 0.325 e. The molecule has 2 aliphatic rings. The van der Waals surface area contributed by atoms with Crippen molar-refractivity contribution in [3.63, 3.8) is 0 Å².